The van der Waals surface area contributed by atoms with Gasteiger partial charge in [-0.3, -0.25) is 4.79 Å². The molecule has 2 aromatic rings. The summed E-state index contributed by atoms with van der Waals surface area (Å²) < 4.78 is 5.06. The molecule has 0 aliphatic rings. The number of carbonyl (C=O) groups is 1. The molecule has 0 unspecified atom stereocenters. The molecule has 22 heavy (non-hydrogen) atoms. The van der Waals surface area contributed by atoms with E-state index in [0.717, 1.165) is 16.9 Å². The Hall–Kier alpha value is -2.59. The smallest absolute Gasteiger partial charge is 0.264 e. The van der Waals surface area contributed by atoms with Crippen molar-refractivity contribution in [3.8, 4) is 5.75 Å². The fraction of sp³-hybridized carbons (Fsp3) is 0.0588. The summed E-state index contributed by atoms with van der Waals surface area (Å²) in [4.78, 5) is 11.6. The van der Waals surface area contributed by atoms with Crippen LogP contribution in [0.25, 0.3) is 6.08 Å². The van der Waals surface area contributed by atoms with Gasteiger partial charge in [0.15, 0.2) is 0 Å². The number of hydrogen-bond acceptors (Lipinski definition) is 3. The number of benzene rings is 2. The highest BCUT2D eigenvalue weighted by Crippen LogP contribution is 2.11. The minimum Gasteiger partial charge on any atom is -0.497 e. The Morgan fingerprint density at radius 3 is 2.36 bits per heavy atom. The number of amides is 1. The Bertz CT molecular complexity index is 677. The zero-order chi connectivity index (χ0) is 15.8. The van der Waals surface area contributed by atoms with Crippen LogP contribution < -0.4 is 10.2 Å². The minimum absolute atomic E-state index is 0.306. The van der Waals surface area contributed by atoms with Gasteiger partial charge in [0.25, 0.3) is 5.91 Å². The molecule has 0 atom stereocenters. The normalized spacial score (nSPS) is 11.0. The van der Waals surface area contributed by atoms with Crippen LogP contribution in [0, 0.1) is 0 Å². The second-order valence-electron chi connectivity index (χ2n) is 4.39. The van der Waals surface area contributed by atoms with E-state index in [1.54, 1.807) is 31.5 Å². The molecule has 0 radical (unpaired) electrons. The van der Waals surface area contributed by atoms with E-state index in [1.807, 2.05) is 36.4 Å². The third-order valence-electron chi connectivity index (χ3n) is 2.80. The molecule has 0 bridgehead atoms. The number of nitrogens with one attached hydrogen (secondary N) is 1. The van der Waals surface area contributed by atoms with Gasteiger partial charge in [0.1, 0.15) is 5.75 Å². The van der Waals surface area contributed by atoms with Crippen LogP contribution in [-0.4, -0.2) is 19.2 Å². The molecule has 0 fully saturated rings. The van der Waals surface area contributed by atoms with E-state index in [1.165, 1.54) is 6.08 Å². The summed E-state index contributed by atoms with van der Waals surface area (Å²) in [5, 5.41) is 4.54. The number of carbonyl (C=O) groups excluding carboxylic acids is 1. The molecule has 2 aromatic carbocycles. The van der Waals surface area contributed by atoms with Crippen molar-refractivity contribution in [2.24, 2.45) is 5.10 Å². The Balaban J connectivity index is 1.86. The van der Waals surface area contributed by atoms with Crippen LogP contribution in [-0.2, 0) is 4.79 Å². The van der Waals surface area contributed by atoms with Crippen molar-refractivity contribution < 1.29 is 9.53 Å². The van der Waals surface area contributed by atoms with Crippen molar-refractivity contribution in [3.05, 3.63) is 70.8 Å². The summed E-state index contributed by atoms with van der Waals surface area (Å²) in [6.07, 6.45) is 4.66. The molecule has 0 aromatic heterocycles. The highest BCUT2D eigenvalue weighted by molar-refractivity contribution is 6.30. The largest absolute Gasteiger partial charge is 0.497 e. The van der Waals surface area contributed by atoms with Crippen LogP contribution in [0.3, 0.4) is 0 Å². The van der Waals surface area contributed by atoms with Crippen LogP contribution in [0.5, 0.6) is 5.75 Å². The second kappa shape index (κ2) is 8.00. The molecule has 5 heteroatoms. The van der Waals surface area contributed by atoms with Gasteiger partial charge >= 0.3 is 0 Å². The van der Waals surface area contributed by atoms with Crippen molar-refractivity contribution in [1.29, 1.82) is 0 Å². The molecule has 0 aliphatic heterocycles. The SMILES string of the molecule is COc1ccc(/C=N\NC(=O)/C=C/c2ccc(Cl)cc2)cc1. The second-order valence-corrected chi connectivity index (χ2v) is 4.83. The van der Waals surface area contributed by atoms with Crippen LogP contribution >= 0.6 is 11.6 Å². The highest BCUT2D eigenvalue weighted by Gasteiger charge is 1.94. The monoisotopic (exact) mass is 314 g/mol. The molecule has 112 valence electrons. The van der Waals surface area contributed by atoms with Gasteiger partial charge in [-0.1, -0.05) is 23.7 Å². The lowest BCUT2D eigenvalue weighted by molar-refractivity contribution is -0.116. The van der Waals surface area contributed by atoms with E-state index in [4.69, 9.17) is 16.3 Å². The number of hydrazone groups is 1. The molecular formula is C17H15ClN2O2. The van der Waals surface area contributed by atoms with Gasteiger partial charge in [0.05, 0.1) is 13.3 Å². The van der Waals surface area contributed by atoms with E-state index < -0.39 is 0 Å². The molecule has 0 heterocycles. The van der Waals surface area contributed by atoms with Crippen molar-refractivity contribution in [1.82, 2.24) is 5.43 Å². The molecule has 0 saturated heterocycles. The van der Waals surface area contributed by atoms with Gasteiger partial charge in [0.2, 0.25) is 0 Å². The summed E-state index contributed by atoms with van der Waals surface area (Å²) >= 11 is 5.79. The topological polar surface area (TPSA) is 50.7 Å². The number of nitrogens with zero attached hydrogens (tertiary/aromatic N) is 1. The molecule has 2 rings (SSSR count). The van der Waals surface area contributed by atoms with Crippen LogP contribution in [0.4, 0.5) is 0 Å². The molecule has 4 nitrogen and oxygen atoms in total. The average molecular weight is 315 g/mol. The van der Waals surface area contributed by atoms with E-state index in [9.17, 15) is 4.79 Å². The lowest BCUT2D eigenvalue weighted by Gasteiger charge is -1.99. The maximum absolute atomic E-state index is 11.6. The number of hydrogen-bond donors (Lipinski definition) is 1. The zero-order valence-electron chi connectivity index (χ0n) is 12.0. The lowest BCUT2D eigenvalue weighted by Crippen LogP contribution is -2.14. The molecule has 1 amide bonds. The summed E-state index contributed by atoms with van der Waals surface area (Å²) in [5.74, 6) is 0.465. The van der Waals surface area contributed by atoms with E-state index in [2.05, 4.69) is 10.5 Å². The van der Waals surface area contributed by atoms with Gasteiger partial charge in [-0.25, -0.2) is 5.43 Å². The fourth-order valence-corrected chi connectivity index (χ4v) is 1.77. The first-order valence-electron chi connectivity index (χ1n) is 6.58. The van der Waals surface area contributed by atoms with Crippen molar-refractivity contribution in [2.45, 2.75) is 0 Å². The quantitative estimate of drug-likeness (QED) is 0.521. The van der Waals surface area contributed by atoms with Crippen LogP contribution in [0.2, 0.25) is 5.02 Å². The van der Waals surface area contributed by atoms with E-state index in [0.29, 0.717) is 5.02 Å². The maximum Gasteiger partial charge on any atom is 0.264 e. The molecule has 0 saturated carbocycles. The van der Waals surface area contributed by atoms with Crippen molar-refractivity contribution in [3.63, 3.8) is 0 Å². The first kappa shape index (κ1) is 15.8. The van der Waals surface area contributed by atoms with Crippen LogP contribution in [0.15, 0.2) is 59.7 Å². The van der Waals surface area contributed by atoms with E-state index >= 15 is 0 Å². The van der Waals surface area contributed by atoms with Gasteiger partial charge in [-0.05, 0) is 53.6 Å². The third-order valence-corrected chi connectivity index (χ3v) is 3.05. The van der Waals surface area contributed by atoms with E-state index in [-0.39, 0.29) is 5.91 Å². The fourth-order valence-electron chi connectivity index (χ4n) is 1.64. The number of halogens is 1. The lowest BCUT2D eigenvalue weighted by atomic mass is 10.2. The summed E-state index contributed by atoms with van der Waals surface area (Å²) in [6.45, 7) is 0. The average Bonchev–Trinajstić information content (AvgIpc) is 2.55. The van der Waals surface area contributed by atoms with Crippen molar-refractivity contribution >= 4 is 29.8 Å². The van der Waals surface area contributed by atoms with Gasteiger partial charge in [0, 0.05) is 11.1 Å². The Morgan fingerprint density at radius 2 is 1.73 bits per heavy atom. The van der Waals surface area contributed by atoms with Gasteiger partial charge in [-0.15, -0.1) is 0 Å². The maximum atomic E-state index is 11.6. The Morgan fingerprint density at radius 1 is 1.09 bits per heavy atom. The number of rotatable bonds is 5. The first-order chi connectivity index (χ1) is 10.7. The zero-order valence-corrected chi connectivity index (χ0v) is 12.7. The van der Waals surface area contributed by atoms with Gasteiger partial charge in [-0.2, -0.15) is 5.10 Å². The first-order valence-corrected chi connectivity index (χ1v) is 6.96. The van der Waals surface area contributed by atoms with Crippen LogP contribution in [0.1, 0.15) is 11.1 Å². The number of ether oxygens (including phenoxy) is 1. The summed E-state index contributed by atoms with van der Waals surface area (Å²) in [6, 6.07) is 14.5. The van der Waals surface area contributed by atoms with Gasteiger partial charge < -0.3 is 4.74 Å². The molecular weight excluding hydrogens is 300 g/mol. The summed E-state index contributed by atoms with van der Waals surface area (Å²) in [7, 11) is 1.61. The number of methoxy groups -OCH3 is 1. The Labute approximate surface area is 134 Å². The highest BCUT2D eigenvalue weighted by atomic mass is 35.5. The molecule has 0 aliphatic carbocycles. The standard InChI is InChI=1S/C17H15ClN2O2/c1-22-16-9-4-14(5-10-16)12-19-20-17(21)11-6-13-2-7-15(18)8-3-13/h2-12H,1H3,(H,20,21)/b11-6+,19-12-. The summed E-state index contributed by atoms with van der Waals surface area (Å²) in [5.41, 5.74) is 4.18. The molecule has 1 N–H and O–H groups in total. The molecule has 0 spiro atoms. The third kappa shape index (κ3) is 5.07. The predicted octanol–water partition coefficient (Wildman–Crippen LogP) is 3.51. The predicted molar refractivity (Wildman–Crippen MR) is 89.2 cm³/mol. The van der Waals surface area contributed by atoms with Crippen molar-refractivity contribution in [2.75, 3.05) is 7.11 Å². The Kier molecular flexibility index (Phi) is 5.74. The minimum atomic E-state index is -0.306.